The minimum Gasteiger partial charge on any atom is -0.497 e. The lowest BCUT2D eigenvalue weighted by Crippen LogP contribution is -2.05. The van der Waals surface area contributed by atoms with Gasteiger partial charge in [-0.15, -0.1) is 0 Å². The van der Waals surface area contributed by atoms with Gasteiger partial charge in [0.2, 0.25) is 0 Å². The second kappa shape index (κ2) is 6.21. The molecule has 1 aliphatic rings. The van der Waals surface area contributed by atoms with E-state index in [0.29, 0.717) is 0 Å². The fourth-order valence-electron chi connectivity index (χ4n) is 3.12. The number of hydrogen-bond donors (Lipinski definition) is 1. The van der Waals surface area contributed by atoms with E-state index in [1.807, 2.05) is 47.1 Å². The SMILES string of the molecule is COc1ccc(-n2nc(Cc3ccccc3Cl)c3c2NCC3)cc1. The Morgan fingerprint density at radius 2 is 1.96 bits per heavy atom. The molecule has 4 rings (SSSR count). The Bertz CT molecular complexity index is 871. The van der Waals surface area contributed by atoms with Crippen LogP contribution >= 0.6 is 11.6 Å². The van der Waals surface area contributed by atoms with E-state index in [4.69, 9.17) is 21.4 Å². The van der Waals surface area contributed by atoms with Crippen LogP contribution in [0.4, 0.5) is 5.82 Å². The highest BCUT2D eigenvalue weighted by atomic mass is 35.5. The summed E-state index contributed by atoms with van der Waals surface area (Å²) in [4.78, 5) is 0. The van der Waals surface area contributed by atoms with Crippen LogP contribution in [0.3, 0.4) is 0 Å². The molecule has 4 nitrogen and oxygen atoms in total. The van der Waals surface area contributed by atoms with Gasteiger partial charge in [-0.05, 0) is 42.3 Å². The molecule has 24 heavy (non-hydrogen) atoms. The molecule has 1 aliphatic heterocycles. The molecular weight excluding hydrogens is 322 g/mol. The third kappa shape index (κ3) is 2.63. The Morgan fingerprint density at radius 1 is 1.17 bits per heavy atom. The molecule has 0 aliphatic carbocycles. The third-order valence-electron chi connectivity index (χ3n) is 4.37. The number of nitrogens with one attached hydrogen (secondary N) is 1. The lowest BCUT2D eigenvalue weighted by Gasteiger charge is -2.07. The van der Waals surface area contributed by atoms with Gasteiger partial charge in [-0.25, -0.2) is 4.68 Å². The molecule has 0 radical (unpaired) electrons. The first kappa shape index (κ1) is 15.1. The Kier molecular flexibility index (Phi) is 3.90. The predicted octanol–water partition coefficient (Wildman–Crippen LogP) is 4.09. The highest BCUT2D eigenvalue weighted by Crippen LogP contribution is 2.31. The number of nitrogens with zero attached hydrogens (tertiary/aromatic N) is 2. The van der Waals surface area contributed by atoms with Gasteiger partial charge in [0, 0.05) is 23.6 Å². The van der Waals surface area contributed by atoms with E-state index in [2.05, 4.69) is 11.4 Å². The number of ether oxygens (including phenoxy) is 1. The molecule has 0 fully saturated rings. The van der Waals surface area contributed by atoms with Gasteiger partial charge in [0.25, 0.3) is 0 Å². The Morgan fingerprint density at radius 3 is 2.71 bits per heavy atom. The molecule has 3 aromatic rings. The largest absolute Gasteiger partial charge is 0.497 e. The van der Waals surface area contributed by atoms with Crippen LogP contribution in [-0.4, -0.2) is 23.4 Å². The first-order valence-electron chi connectivity index (χ1n) is 7.99. The average molecular weight is 340 g/mol. The van der Waals surface area contributed by atoms with Gasteiger partial charge in [0.1, 0.15) is 11.6 Å². The molecule has 0 saturated carbocycles. The smallest absolute Gasteiger partial charge is 0.133 e. The summed E-state index contributed by atoms with van der Waals surface area (Å²) in [6.45, 7) is 0.943. The first-order valence-corrected chi connectivity index (χ1v) is 8.36. The average Bonchev–Trinajstić information content (AvgIpc) is 3.21. The maximum Gasteiger partial charge on any atom is 0.133 e. The van der Waals surface area contributed by atoms with Crippen molar-refractivity contribution in [2.75, 3.05) is 19.0 Å². The summed E-state index contributed by atoms with van der Waals surface area (Å²) >= 11 is 6.32. The van der Waals surface area contributed by atoms with E-state index in [0.717, 1.165) is 52.9 Å². The molecule has 0 bridgehead atoms. The van der Waals surface area contributed by atoms with Crippen molar-refractivity contribution in [2.45, 2.75) is 12.8 Å². The molecule has 2 heterocycles. The van der Waals surface area contributed by atoms with Crippen molar-refractivity contribution < 1.29 is 4.74 Å². The zero-order chi connectivity index (χ0) is 16.5. The number of hydrogen-bond acceptors (Lipinski definition) is 3. The van der Waals surface area contributed by atoms with E-state index in [1.54, 1.807) is 7.11 Å². The minimum atomic E-state index is 0.743. The zero-order valence-electron chi connectivity index (χ0n) is 13.4. The monoisotopic (exact) mass is 339 g/mol. The molecule has 2 aromatic carbocycles. The van der Waals surface area contributed by atoms with Gasteiger partial charge >= 0.3 is 0 Å². The van der Waals surface area contributed by atoms with E-state index < -0.39 is 0 Å². The number of methoxy groups -OCH3 is 1. The maximum absolute atomic E-state index is 6.32. The fraction of sp³-hybridized carbons (Fsp3) is 0.211. The molecule has 122 valence electrons. The summed E-state index contributed by atoms with van der Waals surface area (Å²) in [5.41, 5.74) is 4.49. The van der Waals surface area contributed by atoms with Gasteiger partial charge in [-0.2, -0.15) is 5.10 Å². The molecule has 0 atom stereocenters. The summed E-state index contributed by atoms with van der Waals surface area (Å²) in [5.74, 6) is 1.93. The zero-order valence-corrected chi connectivity index (χ0v) is 14.2. The van der Waals surface area contributed by atoms with Gasteiger partial charge in [-0.1, -0.05) is 29.8 Å². The first-order chi connectivity index (χ1) is 11.8. The molecule has 1 aromatic heterocycles. The molecule has 0 amide bonds. The Hall–Kier alpha value is -2.46. The van der Waals surface area contributed by atoms with Gasteiger partial charge < -0.3 is 10.1 Å². The van der Waals surface area contributed by atoms with Crippen molar-refractivity contribution >= 4 is 17.4 Å². The van der Waals surface area contributed by atoms with Crippen molar-refractivity contribution in [1.29, 1.82) is 0 Å². The van der Waals surface area contributed by atoms with E-state index >= 15 is 0 Å². The third-order valence-corrected chi connectivity index (χ3v) is 4.74. The van der Waals surface area contributed by atoms with Crippen LogP contribution in [0.15, 0.2) is 48.5 Å². The normalized spacial score (nSPS) is 12.8. The van der Waals surface area contributed by atoms with Crippen LogP contribution in [0.2, 0.25) is 5.02 Å². The highest BCUT2D eigenvalue weighted by molar-refractivity contribution is 6.31. The van der Waals surface area contributed by atoms with Crippen molar-refractivity contribution in [3.63, 3.8) is 0 Å². The number of benzene rings is 2. The van der Waals surface area contributed by atoms with Crippen LogP contribution in [0.5, 0.6) is 5.75 Å². The van der Waals surface area contributed by atoms with Crippen molar-refractivity contribution in [1.82, 2.24) is 9.78 Å². The number of anilines is 1. The summed E-state index contributed by atoms with van der Waals surface area (Å²) < 4.78 is 7.22. The molecule has 5 heteroatoms. The lowest BCUT2D eigenvalue weighted by molar-refractivity contribution is 0.414. The van der Waals surface area contributed by atoms with E-state index in [-0.39, 0.29) is 0 Å². The predicted molar refractivity (Wildman–Crippen MR) is 96.6 cm³/mol. The molecular formula is C19H18ClN3O. The standard InChI is InChI=1S/C19H18ClN3O/c1-24-15-8-6-14(7-9-15)23-19-16(10-11-21-19)18(22-23)12-13-4-2-3-5-17(13)20/h2-9,21H,10-12H2,1H3. The molecule has 0 saturated heterocycles. The van der Waals surface area contributed by atoms with Crippen molar-refractivity contribution in [2.24, 2.45) is 0 Å². The van der Waals surface area contributed by atoms with Gasteiger partial charge in [0.05, 0.1) is 18.5 Å². The van der Waals surface area contributed by atoms with Crippen LogP contribution < -0.4 is 10.1 Å². The molecule has 1 N–H and O–H groups in total. The lowest BCUT2D eigenvalue weighted by atomic mass is 10.1. The van der Waals surface area contributed by atoms with Crippen LogP contribution in [0.25, 0.3) is 5.69 Å². The highest BCUT2D eigenvalue weighted by Gasteiger charge is 2.23. The summed E-state index contributed by atoms with van der Waals surface area (Å²) in [7, 11) is 1.67. The topological polar surface area (TPSA) is 39.1 Å². The fourth-order valence-corrected chi connectivity index (χ4v) is 3.32. The summed E-state index contributed by atoms with van der Waals surface area (Å²) in [5, 5.41) is 9.09. The Balaban J connectivity index is 1.73. The summed E-state index contributed by atoms with van der Waals surface area (Å²) in [6, 6.07) is 15.9. The van der Waals surface area contributed by atoms with Crippen molar-refractivity contribution in [3.05, 3.63) is 70.4 Å². The van der Waals surface area contributed by atoms with E-state index in [9.17, 15) is 0 Å². The van der Waals surface area contributed by atoms with Crippen LogP contribution in [-0.2, 0) is 12.8 Å². The second-order valence-corrected chi connectivity index (χ2v) is 6.24. The van der Waals surface area contributed by atoms with Gasteiger partial charge in [0.15, 0.2) is 0 Å². The van der Waals surface area contributed by atoms with Crippen LogP contribution in [0.1, 0.15) is 16.8 Å². The van der Waals surface area contributed by atoms with E-state index in [1.165, 1.54) is 5.56 Å². The maximum atomic E-state index is 6.32. The second-order valence-electron chi connectivity index (χ2n) is 5.83. The quantitative estimate of drug-likeness (QED) is 0.778. The van der Waals surface area contributed by atoms with Gasteiger partial charge in [-0.3, -0.25) is 0 Å². The minimum absolute atomic E-state index is 0.743. The number of aromatic nitrogens is 2. The molecule has 0 spiro atoms. The van der Waals surface area contributed by atoms with Crippen LogP contribution in [0, 0.1) is 0 Å². The number of fused-ring (bicyclic) bond motifs is 1. The number of rotatable bonds is 4. The summed E-state index contributed by atoms with van der Waals surface area (Å²) in [6.07, 6.45) is 1.73. The van der Waals surface area contributed by atoms with Crippen molar-refractivity contribution in [3.8, 4) is 11.4 Å². The number of halogens is 1. The Labute approximate surface area is 146 Å². The molecule has 0 unspecified atom stereocenters.